The van der Waals surface area contributed by atoms with Gasteiger partial charge in [0.15, 0.2) is 0 Å². The first kappa shape index (κ1) is 11.7. The molecule has 0 atom stereocenters. The van der Waals surface area contributed by atoms with E-state index in [0.29, 0.717) is 11.4 Å². The van der Waals surface area contributed by atoms with Crippen LogP contribution in [0.4, 0.5) is 4.39 Å². The molecule has 0 saturated heterocycles. The van der Waals surface area contributed by atoms with Crippen molar-refractivity contribution in [2.24, 2.45) is 7.05 Å². The molecule has 4 heteroatoms. The predicted octanol–water partition coefficient (Wildman–Crippen LogP) is 3.39. The molecule has 0 radical (unpaired) electrons. The molecule has 0 fully saturated rings. The lowest BCUT2D eigenvalue weighted by Gasteiger charge is -2.04. The van der Waals surface area contributed by atoms with Crippen LogP contribution in [0.25, 0.3) is 22.4 Å². The van der Waals surface area contributed by atoms with Crippen molar-refractivity contribution < 1.29 is 9.50 Å². The number of phenolic OH excluding ortho intramolecular Hbond substituents is 1. The molecule has 1 heterocycles. The van der Waals surface area contributed by atoms with E-state index in [1.807, 2.05) is 36.7 Å². The van der Waals surface area contributed by atoms with Crippen LogP contribution in [-0.4, -0.2) is 14.7 Å². The van der Waals surface area contributed by atoms with Crippen LogP contribution in [-0.2, 0) is 7.05 Å². The van der Waals surface area contributed by atoms with Crippen molar-refractivity contribution in [3.63, 3.8) is 0 Å². The molecular formula is C15H13FN2O. The summed E-state index contributed by atoms with van der Waals surface area (Å²) in [6, 6.07) is 10.0. The van der Waals surface area contributed by atoms with Crippen LogP contribution in [0.15, 0.2) is 36.4 Å². The molecule has 3 nitrogen and oxygen atoms in total. The van der Waals surface area contributed by atoms with E-state index < -0.39 is 5.82 Å². The van der Waals surface area contributed by atoms with Crippen molar-refractivity contribution in [3.8, 4) is 17.1 Å². The molecule has 1 aromatic heterocycles. The maximum Gasteiger partial charge on any atom is 0.143 e. The molecule has 0 bridgehead atoms. The van der Waals surface area contributed by atoms with Gasteiger partial charge in [0, 0.05) is 13.1 Å². The second-order valence-electron chi connectivity index (χ2n) is 4.65. The third-order valence-electron chi connectivity index (χ3n) is 3.23. The summed E-state index contributed by atoms with van der Waals surface area (Å²) in [4.78, 5) is 4.48. The largest absolute Gasteiger partial charge is 0.508 e. The molecule has 0 unspecified atom stereocenters. The molecule has 0 saturated carbocycles. The lowest BCUT2D eigenvalue weighted by Crippen LogP contribution is -1.94. The number of rotatable bonds is 1. The fourth-order valence-electron chi connectivity index (χ4n) is 2.24. The zero-order chi connectivity index (χ0) is 13.6. The van der Waals surface area contributed by atoms with Crippen molar-refractivity contribution in [3.05, 3.63) is 47.8 Å². The van der Waals surface area contributed by atoms with Gasteiger partial charge in [-0.3, -0.25) is 0 Å². The van der Waals surface area contributed by atoms with Gasteiger partial charge in [0.25, 0.3) is 0 Å². The summed E-state index contributed by atoms with van der Waals surface area (Å²) < 4.78 is 15.8. The minimum Gasteiger partial charge on any atom is -0.508 e. The standard InChI is InChI=1S/C15H13FN2O/c1-9-3-6-14-13(7-9)17-15(18(14)2)11-5-4-10(19)8-12(11)16/h3-8,19H,1-2H3. The molecule has 0 aliphatic heterocycles. The number of hydrogen-bond donors (Lipinski definition) is 1. The highest BCUT2D eigenvalue weighted by Gasteiger charge is 2.14. The average molecular weight is 256 g/mol. The van der Waals surface area contributed by atoms with Crippen molar-refractivity contribution in [1.29, 1.82) is 0 Å². The van der Waals surface area contributed by atoms with E-state index in [0.717, 1.165) is 22.7 Å². The number of halogens is 1. The maximum absolute atomic E-state index is 13.9. The molecule has 1 N–H and O–H groups in total. The molecular weight excluding hydrogens is 243 g/mol. The van der Waals surface area contributed by atoms with E-state index >= 15 is 0 Å². The van der Waals surface area contributed by atoms with Gasteiger partial charge in [-0.1, -0.05) is 6.07 Å². The lowest BCUT2D eigenvalue weighted by molar-refractivity contribution is 0.469. The van der Waals surface area contributed by atoms with Crippen molar-refractivity contribution in [2.45, 2.75) is 6.92 Å². The van der Waals surface area contributed by atoms with E-state index in [1.54, 1.807) is 6.07 Å². The molecule has 2 aromatic carbocycles. The number of aromatic nitrogens is 2. The number of phenols is 1. The van der Waals surface area contributed by atoms with E-state index in [2.05, 4.69) is 4.98 Å². The van der Waals surface area contributed by atoms with Crippen LogP contribution in [0.3, 0.4) is 0 Å². The van der Waals surface area contributed by atoms with Gasteiger partial charge in [0.2, 0.25) is 0 Å². The summed E-state index contributed by atoms with van der Waals surface area (Å²) in [5.74, 6) is -0.0101. The number of benzene rings is 2. The fraction of sp³-hybridized carbons (Fsp3) is 0.133. The lowest BCUT2D eigenvalue weighted by atomic mass is 10.2. The Bertz CT molecular complexity index is 777. The number of hydrogen-bond acceptors (Lipinski definition) is 2. The minimum absolute atomic E-state index is 0.0872. The maximum atomic E-state index is 13.9. The molecule has 3 aromatic rings. The number of nitrogens with zero attached hydrogens (tertiary/aromatic N) is 2. The van der Waals surface area contributed by atoms with Gasteiger partial charge < -0.3 is 9.67 Å². The Kier molecular flexibility index (Phi) is 2.52. The number of imidazole rings is 1. The number of fused-ring (bicyclic) bond motifs is 1. The highest BCUT2D eigenvalue weighted by molar-refractivity contribution is 5.81. The van der Waals surface area contributed by atoms with Crippen molar-refractivity contribution in [2.75, 3.05) is 0 Å². The van der Waals surface area contributed by atoms with E-state index in [-0.39, 0.29) is 5.75 Å². The summed E-state index contributed by atoms with van der Waals surface area (Å²) in [6.45, 7) is 1.99. The highest BCUT2D eigenvalue weighted by atomic mass is 19.1. The summed E-state index contributed by atoms with van der Waals surface area (Å²) in [7, 11) is 1.85. The van der Waals surface area contributed by atoms with Crippen LogP contribution in [0.1, 0.15) is 5.56 Å². The Labute approximate surface area is 109 Å². The van der Waals surface area contributed by atoms with Crippen LogP contribution >= 0.6 is 0 Å². The molecule has 0 spiro atoms. The van der Waals surface area contributed by atoms with Gasteiger partial charge >= 0.3 is 0 Å². The number of aryl methyl sites for hydroxylation is 2. The fourth-order valence-corrected chi connectivity index (χ4v) is 2.24. The topological polar surface area (TPSA) is 38.1 Å². The van der Waals surface area contributed by atoms with Gasteiger partial charge in [-0.25, -0.2) is 9.37 Å². The Morgan fingerprint density at radius 1 is 1.16 bits per heavy atom. The van der Waals surface area contributed by atoms with E-state index in [1.165, 1.54) is 6.07 Å². The first-order valence-corrected chi connectivity index (χ1v) is 5.98. The van der Waals surface area contributed by atoms with Crippen LogP contribution < -0.4 is 0 Å². The Hall–Kier alpha value is -2.36. The third-order valence-corrected chi connectivity index (χ3v) is 3.23. The molecule has 0 aliphatic carbocycles. The first-order valence-electron chi connectivity index (χ1n) is 5.98. The molecule has 19 heavy (non-hydrogen) atoms. The third kappa shape index (κ3) is 1.85. The van der Waals surface area contributed by atoms with Crippen LogP contribution in [0.5, 0.6) is 5.75 Å². The summed E-state index contributed by atoms with van der Waals surface area (Å²) in [6.07, 6.45) is 0. The SMILES string of the molecule is Cc1ccc2c(c1)nc(-c1ccc(O)cc1F)n2C. The molecule has 0 amide bonds. The van der Waals surface area contributed by atoms with Gasteiger partial charge in [0.05, 0.1) is 16.6 Å². The Morgan fingerprint density at radius 3 is 2.68 bits per heavy atom. The van der Waals surface area contributed by atoms with Gasteiger partial charge in [-0.15, -0.1) is 0 Å². The summed E-state index contributed by atoms with van der Waals surface area (Å²) in [5, 5.41) is 9.26. The van der Waals surface area contributed by atoms with Crippen LogP contribution in [0, 0.1) is 12.7 Å². The van der Waals surface area contributed by atoms with Gasteiger partial charge in [-0.2, -0.15) is 0 Å². The normalized spacial score (nSPS) is 11.1. The van der Waals surface area contributed by atoms with Crippen LogP contribution in [0.2, 0.25) is 0 Å². The monoisotopic (exact) mass is 256 g/mol. The van der Waals surface area contributed by atoms with Crippen molar-refractivity contribution in [1.82, 2.24) is 9.55 Å². The molecule has 3 rings (SSSR count). The summed E-state index contributed by atoms with van der Waals surface area (Å²) in [5.41, 5.74) is 3.29. The smallest absolute Gasteiger partial charge is 0.143 e. The van der Waals surface area contributed by atoms with Gasteiger partial charge in [-0.05, 0) is 36.8 Å². The molecule has 0 aliphatic rings. The second kappa shape index (κ2) is 4.09. The Balaban J connectivity index is 2.27. The zero-order valence-corrected chi connectivity index (χ0v) is 10.7. The van der Waals surface area contributed by atoms with E-state index in [9.17, 15) is 9.50 Å². The second-order valence-corrected chi connectivity index (χ2v) is 4.65. The highest BCUT2D eigenvalue weighted by Crippen LogP contribution is 2.28. The first-order chi connectivity index (χ1) is 9.06. The minimum atomic E-state index is -0.477. The number of aromatic hydroxyl groups is 1. The Morgan fingerprint density at radius 2 is 1.95 bits per heavy atom. The molecule has 96 valence electrons. The predicted molar refractivity (Wildman–Crippen MR) is 72.5 cm³/mol. The summed E-state index contributed by atoms with van der Waals surface area (Å²) >= 11 is 0. The average Bonchev–Trinajstić information content (AvgIpc) is 2.66. The van der Waals surface area contributed by atoms with Gasteiger partial charge in [0.1, 0.15) is 17.4 Å². The zero-order valence-electron chi connectivity index (χ0n) is 10.7. The van der Waals surface area contributed by atoms with Crippen molar-refractivity contribution >= 4 is 11.0 Å². The van der Waals surface area contributed by atoms with E-state index in [4.69, 9.17) is 0 Å². The quantitative estimate of drug-likeness (QED) is 0.724.